The van der Waals surface area contributed by atoms with Gasteiger partial charge in [-0.15, -0.1) is 0 Å². The molecule has 1 aromatic rings. The molecule has 3 heteroatoms. The van der Waals surface area contributed by atoms with Crippen molar-refractivity contribution in [2.24, 2.45) is 0 Å². The third-order valence-corrected chi connectivity index (χ3v) is 2.69. The van der Waals surface area contributed by atoms with Gasteiger partial charge in [0.05, 0.1) is 6.10 Å². The Kier molecular flexibility index (Phi) is 4.42. The SMILES string of the molecule is CC(O)CCN(C)Cc1ccsc1. The molecule has 1 heterocycles. The van der Waals surface area contributed by atoms with Crippen molar-refractivity contribution in [1.82, 2.24) is 4.90 Å². The van der Waals surface area contributed by atoms with E-state index in [-0.39, 0.29) is 6.10 Å². The summed E-state index contributed by atoms with van der Waals surface area (Å²) in [6.07, 6.45) is 0.658. The van der Waals surface area contributed by atoms with E-state index in [1.165, 1.54) is 5.56 Å². The summed E-state index contributed by atoms with van der Waals surface area (Å²) in [6, 6.07) is 2.14. The Labute approximate surface area is 83.8 Å². The van der Waals surface area contributed by atoms with Gasteiger partial charge < -0.3 is 10.0 Å². The predicted octanol–water partition coefficient (Wildman–Crippen LogP) is 1.95. The highest BCUT2D eigenvalue weighted by Crippen LogP contribution is 2.08. The lowest BCUT2D eigenvalue weighted by Gasteiger charge is -2.16. The van der Waals surface area contributed by atoms with Crippen LogP contribution < -0.4 is 0 Å². The molecular formula is C10H17NOS. The van der Waals surface area contributed by atoms with Gasteiger partial charge in [0.1, 0.15) is 0 Å². The topological polar surface area (TPSA) is 23.5 Å². The van der Waals surface area contributed by atoms with Gasteiger partial charge in [0.15, 0.2) is 0 Å². The number of rotatable bonds is 5. The molecule has 1 N–H and O–H groups in total. The van der Waals surface area contributed by atoms with E-state index in [1.807, 2.05) is 6.92 Å². The molecule has 1 aromatic heterocycles. The summed E-state index contributed by atoms with van der Waals surface area (Å²) >= 11 is 1.73. The minimum absolute atomic E-state index is 0.190. The van der Waals surface area contributed by atoms with Crippen LogP contribution in [-0.2, 0) is 6.54 Å². The summed E-state index contributed by atoms with van der Waals surface area (Å²) in [5, 5.41) is 13.4. The van der Waals surface area contributed by atoms with Gasteiger partial charge in [-0.05, 0) is 42.8 Å². The molecule has 0 radical (unpaired) electrons. The van der Waals surface area contributed by atoms with Gasteiger partial charge in [-0.2, -0.15) is 11.3 Å². The van der Waals surface area contributed by atoms with Crippen molar-refractivity contribution in [3.8, 4) is 0 Å². The van der Waals surface area contributed by atoms with Gasteiger partial charge >= 0.3 is 0 Å². The molecule has 0 aromatic carbocycles. The first-order valence-corrected chi connectivity index (χ1v) is 5.50. The number of aliphatic hydroxyl groups excluding tert-OH is 1. The molecule has 0 aliphatic rings. The normalized spacial score (nSPS) is 13.5. The van der Waals surface area contributed by atoms with Gasteiger partial charge in [0.25, 0.3) is 0 Å². The highest BCUT2D eigenvalue weighted by molar-refractivity contribution is 7.07. The Bertz CT molecular complexity index is 221. The minimum Gasteiger partial charge on any atom is -0.393 e. The molecule has 13 heavy (non-hydrogen) atoms. The van der Waals surface area contributed by atoms with Crippen molar-refractivity contribution in [2.45, 2.75) is 26.0 Å². The molecular weight excluding hydrogens is 182 g/mol. The van der Waals surface area contributed by atoms with Crippen molar-refractivity contribution in [3.05, 3.63) is 22.4 Å². The first kappa shape index (κ1) is 10.7. The maximum absolute atomic E-state index is 9.10. The largest absolute Gasteiger partial charge is 0.393 e. The van der Waals surface area contributed by atoms with Crippen molar-refractivity contribution in [2.75, 3.05) is 13.6 Å². The van der Waals surface area contributed by atoms with Crippen molar-refractivity contribution >= 4 is 11.3 Å². The summed E-state index contributed by atoms with van der Waals surface area (Å²) < 4.78 is 0. The first-order chi connectivity index (χ1) is 6.18. The molecule has 1 atom stereocenters. The average Bonchev–Trinajstić information content (AvgIpc) is 2.53. The van der Waals surface area contributed by atoms with E-state index in [0.29, 0.717) is 0 Å². The van der Waals surface area contributed by atoms with Gasteiger partial charge in [-0.1, -0.05) is 0 Å². The van der Waals surface area contributed by atoms with E-state index in [2.05, 4.69) is 28.8 Å². The van der Waals surface area contributed by atoms with Crippen molar-refractivity contribution in [3.63, 3.8) is 0 Å². The summed E-state index contributed by atoms with van der Waals surface area (Å²) in [4.78, 5) is 2.23. The molecule has 0 bridgehead atoms. The van der Waals surface area contributed by atoms with Crippen LogP contribution in [0.1, 0.15) is 18.9 Å². The lowest BCUT2D eigenvalue weighted by molar-refractivity contribution is 0.163. The first-order valence-electron chi connectivity index (χ1n) is 4.56. The van der Waals surface area contributed by atoms with Crippen LogP contribution in [0.25, 0.3) is 0 Å². The zero-order valence-corrected chi connectivity index (χ0v) is 9.05. The van der Waals surface area contributed by atoms with Crippen LogP contribution in [0.3, 0.4) is 0 Å². The van der Waals surface area contributed by atoms with Gasteiger partial charge in [0.2, 0.25) is 0 Å². The second-order valence-corrected chi connectivity index (χ2v) is 4.29. The summed E-state index contributed by atoms with van der Waals surface area (Å²) in [5.74, 6) is 0. The fraction of sp³-hybridized carbons (Fsp3) is 0.600. The van der Waals surface area contributed by atoms with Crippen molar-refractivity contribution in [1.29, 1.82) is 0 Å². The molecule has 2 nitrogen and oxygen atoms in total. The van der Waals surface area contributed by atoms with Crippen LogP contribution in [0.5, 0.6) is 0 Å². The fourth-order valence-corrected chi connectivity index (χ4v) is 1.84. The van der Waals surface area contributed by atoms with E-state index < -0.39 is 0 Å². The van der Waals surface area contributed by atoms with Crippen LogP contribution in [-0.4, -0.2) is 29.7 Å². The molecule has 0 aliphatic heterocycles. The predicted molar refractivity (Wildman–Crippen MR) is 57.0 cm³/mol. The summed E-state index contributed by atoms with van der Waals surface area (Å²) in [5.41, 5.74) is 1.36. The van der Waals surface area contributed by atoms with E-state index in [0.717, 1.165) is 19.5 Å². The third-order valence-electron chi connectivity index (χ3n) is 1.96. The highest BCUT2D eigenvalue weighted by atomic mass is 32.1. The van der Waals surface area contributed by atoms with Gasteiger partial charge in [-0.3, -0.25) is 0 Å². The Morgan fingerprint density at radius 3 is 2.92 bits per heavy atom. The Hall–Kier alpha value is -0.380. The number of aliphatic hydroxyl groups is 1. The molecule has 0 saturated carbocycles. The van der Waals surface area contributed by atoms with Crippen LogP contribution in [0.15, 0.2) is 16.8 Å². The Morgan fingerprint density at radius 1 is 1.62 bits per heavy atom. The zero-order chi connectivity index (χ0) is 9.68. The summed E-state index contributed by atoms with van der Waals surface area (Å²) in [6.45, 7) is 3.77. The molecule has 0 fully saturated rings. The molecule has 0 spiro atoms. The standard InChI is InChI=1S/C10H17NOS/c1-9(12)3-5-11(2)7-10-4-6-13-8-10/h4,6,8-9,12H,3,5,7H2,1-2H3. The maximum Gasteiger partial charge on any atom is 0.0524 e. The van der Waals surface area contributed by atoms with Crippen LogP contribution >= 0.6 is 11.3 Å². The highest BCUT2D eigenvalue weighted by Gasteiger charge is 2.02. The quantitative estimate of drug-likeness (QED) is 0.783. The zero-order valence-electron chi connectivity index (χ0n) is 8.23. The number of thiophene rings is 1. The minimum atomic E-state index is -0.190. The Balaban J connectivity index is 2.22. The van der Waals surface area contributed by atoms with E-state index in [1.54, 1.807) is 11.3 Å². The molecule has 1 unspecified atom stereocenters. The second kappa shape index (κ2) is 5.37. The number of hydrogen-bond donors (Lipinski definition) is 1. The van der Waals surface area contributed by atoms with Crippen LogP contribution in [0.2, 0.25) is 0 Å². The average molecular weight is 199 g/mol. The molecule has 0 amide bonds. The van der Waals surface area contributed by atoms with E-state index in [4.69, 9.17) is 5.11 Å². The number of hydrogen-bond acceptors (Lipinski definition) is 3. The molecule has 1 rings (SSSR count). The third kappa shape index (κ3) is 4.41. The maximum atomic E-state index is 9.10. The van der Waals surface area contributed by atoms with E-state index in [9.17, 15) is 0 Å². The van der Waals surface area contributed by atoms with E-state index >= 15 is 0 Å². The van der Waals surface area contributed by atoms with Gasteiger partial charge in [-0.25, -0.2) is 0 Å². The fourth-order valence-electron chi connectivity index (χ4n) is 1.18. The monoisotopic (exact) mass is 199 g/mol. The lowest BCUT2D eigenvalue weighted by atomic mass is 10.2. The summed E-state index contributed by atoms with van der Waals surface area (Å²) in [7, 11) is 2.08. The van der Waals surface area contributed by atoms with Crippen molar-refractivity contribution < 1.29 is 5.11 Å². The molecule has 0 aliphatic carbocycles. The van der Waals surface area contributed by atoms with Crippen LogP contribution in [0.4, 0.5) is 0 Å². The second-order valence-electron chi connectivity index (χ2n) is 3.51. The van der Waals surface area contributed by atoms with Gasteiger partial charge in [0, 0.05) is 13.1 Å². The van der Waals surface area contributed by atoms with Crippen LogP contribution in [0, 0.1) is 0 Å². The smallest absolute Gasteiger partial charge is 0.0524 e. The molecule has 74 valence electrons. The lowest BCUT2D eigenvalue weighted by Crippen LogP contribution is -2.21. The number of nitrogens with zero attached hydrogens (tertiary/aromatic N) is 1. The Morgan fingerprint density at radius 2 is 2.38 bits per heavy atom. The molecule has 0 saturated heterocycles.